The Hall–Kier alpha value is -3.55. The summed E-state index contributed by atoms with van der Waals surface area (Å²) in [5.41, 5.74) is 3.75. The zero-order valence-electron chi connectivity index (χ0n) is 16.7. The minimum atomic E-state index is -0.405. The average molecular weight is 392 g/mol. The van der Waals surface area contributed by atoms with Gasteiger partial charge in [-0.3, -0.25) is 9.48 Å². The number of halogens is 1. The Balaban J connectivity index is 1.75. The average Bonchev–Trinajstić information content (AvgIpc) is 3.23. The molecule has 0 radical (unpaired) electrons. The number of benzene rings is 1. The third-order valence-corrected chi connectivity index (χ3v) is 4.85. The van der Waals surface area contributed by atoms with Crippen molar-refractivity contribution >= 4 is 16.9 Å². The molecule has 1 amide bonds. The third-order valence-electron chi connectivity index (χ3n) is 4.85. The third kappa shape index (κ3) is 3.37. The SMILES string of the molecule is Cc1cc(C(=O)N(C)Cc2cn(C)nc2C)c2cnn(-c3ccccc3F)c2n1. The molecule has 3 heterocycles. The number of fused-ring (bicyclic) bond motifs is 1. The number of nitrogens with zero attached hydrogens (tertiary/aromatic N) is 6. The van der Waals surface area contributed by atoms with Gasteiger partial charge in [0.25, 0.3) is 5.91 Å². The topological polar surface area (TPSA) is 68.8 Å². The van der Waals surface area contributed by atoms with Gasteiger partial charge in [-0.15, -0.1) is 0 Å². The van der Waals surface area contributed by atoms with Crippen molar-refractivity contribution in [3.63, 3.8) is 0 Å². The molecule has 148 valence electrons. The largest absolute Gasteiger partial charge is 0.337 e. The number of rotatable bonds is 4. The molecule has 7 nitrogen and oxygen atoms in total. The summed E-state index contributed by atoms with van der Waals surface area (Å²) in [5, 5.41) is 9.21. The van der Waals surface area contributed by atoms with Crippen molar-refractivity contribution in [2.24, 2.45) is 7.05 Å². The summed E-state index contributed by atoms with van der Waals surface area (Å²) in [6, 6.07) is 8.09. The summed E-state index contributed by atoms with van der Waals surface area (Å²) < 4.78 is 17.4. The first kappa shape index (κ1) is 18.8. The second-order valence-electron chi connectivity index (χ2n) is 7.13. The number of hydrogen-bond donors (Lipinski definition) is 0. The summed E-state index contributed by atoms with van der Waals surface area (Å²) in [6.07, 6.45) is 3.47. The fourth-order valence-corrected chi connectivity index (χ4v) is 3.44. The highest BCUT2D eigenvalue weighted by Gasteiger charge is 2.21. The van der Waals surface area contributed by atoms with Crippen LogP contribution in [0.3, 0.4) is 0 Å². The maximum absolute atomic E-state index is 14.3. The highest BCUT2D eigenvalue weighted by atomic mass is 19.1. The van der Waals surface area contributed by atoms with E-state index in [0.717, 1.165) is 11.3 Å². The van der Waals surface area contributed by atoms with Crippen LogP contribution in [0, 0.1) is 19.7 Å². The normalized spacial score (nSPS) is 11.2. The Bertz CT molecular complexity index is 1230. The first-order valence-electron chi connectivity index (χ1n) is 9.20. The van der Waals surface area contributed by atoms with Crippen molar-refractivity contribution in [1.82, 2.24) is 29.4 Å². The van der Waals surface area contributed by atoms with E-state index in [4.69, 9.17) is 0 Å². The molecule has 0 saturated heterocycles. The van der Waals surface area contributed by atoms with E-state index in [1.807, 2.05) is 20.2 Å². The first-order chi connectivity index (χ1) is 13.8. The fraction of sp³-hybridized carbons (Fsp3) is 0.238. The number of pyridine rings is 1. The molecule has 4 rings (SSSR count). The number of para-hydroxylation sites is 1. The Morgan fingerprint density at radius 2 is 2.00 bits per heavy atom. The number of carbonyl (C=O) groups excluding carboxylic acids is 1. The summed E-state index contributed by atoms with van der Waals surface area (Å²) in [6.45, 7) is 4.16. The van der Waals surface area contributed by atoms with E-state index in [1.165, 1.54) is 10.7 Å². The predicted molar refractivity (Wildman–Crippen MR) is 107 cm³/mol. The van der Waals surface area contributed by atoms with Crippen LogP contribution in [0.5, 0.6) is 0 Å². The number of amides is 1. The van der Waals surface area contributed by atoms with Gasteiger partial charge in [0, 0.05) is 38.1 Å². The van der Waals surface area contributed by atoms with Crippen molar-refractivity contribution in [3.05, 3.63) is 71.1 Å². The quantitative estimate of drug-likeness (QED) is 0.535. The van der Waals surface area contributed by atoms with Crippen molar-refractivity contribution in [2.75, 3.05) is 7.05 Å². The molecule has 0 unspecified atom stereocenters. The van der Waals surface area contributed by atoms with E-state index in [0.29, 0.717) is 34.5 Å². The lowest BCUT2D eigenvalue weighted by atomic mass is 10.1. The maximum Gasteiger partial charge on any atom is 0.254 e. The lowest BCUT2D eigenvalue weighted by Crippen LogP contribution is -2.26. The molecule has 0 aliphatic carbocycles. The lowest BCUT2D eigenvalue weighted by Gasteiger charge is -2.17. The van der Waals surface area contributed by atoms with Crippen LogP contribution in [-0.2, 0) is 13.6 Å². The van der Waals surface area contributed by atoms with Gasteiger partial charge < -0.3 is 4.90 Å². The number of aryl methyl sites for hydroxylation is 3. The molecule has 0 aliphatic heterocycles. The molecular weight excluding hydrogens is 371 g/mol. The highest BCUT2D eigenvalue weighted by Crippen LogP contribution is 2.24. The van der Waals surface area contributed by atoms with E-state index < -0.39 is 5.82 Å². The molecular formula is C21H21FN6O. The van der Waals surface area contributed by atoms with Gasteiger partial charge in [0.05, 0.1) is 22.8 Å². The predicted octanol–water partition coefficient (Wildman–Crippen LogP) is 3.18. The van der Waals surface area contributed by atoms with Gasteiger partial charge in [-0.05, 0) is 32.0 Å². The van der Waals surface area contributed by atoms with Crippen LogP contribution < -0.4 is 0 Å². The zero-order chi connectivity index (χ0) is 20.7. The minimum absolute atomic E-state index is 0.156. The zero-order valence-corrected chi connectivity index (χ0v) is 16.7. The molecule has 4 aromatic rings. The fourth-order valence-electron chi connectivity index (χ4n) is 3.44. The van der Waals surface area contributed by atoms with Crippen molar-refractivity contribution < 1.29 is 9.18 Å². The number of carbonyl (C=O) groups is 1. The monoisotopic (exact) mass is 392 g/mol. The minimum Gasteiger partial charge on any atom is -0.337 e. The summed E-state index contributed by atoms with van der Waals surface area (Å²) in [7, 11) is 3.60. The van der Waals surface area contributed by atoms with Gasteiger partial charge in [-0.2, -0.15) is 10.2 Å². The maximum atomic E-state index is 14.3. The van der Waals surface area contributed by atoms with Crippen LogP contribution >= 0.6 is 0 Å². The summed E-state index contributed by atoms with van der Waals surface area (Å²) in [5.74, 6) is -0.560. The lowest BCUT2D eigenvalue weighted by molar-refractivity contribution is 0.0786. The van der Waals surface area contributed by atoms with Crippen LogP contribution in [0.1, 0.15) is 27.3 Å². The summed E-state index contributed by atoms with van der Waals surface area (Å²) in [4.78, 5) is 19.4. The molecule has 0 saturated carbocycles. The van der Waals surface area contributed by atoms with Crippen LogP contribution in [0.2, 0.25) is 0 Å². The van der Waals surface area contributed by atoms with E-state index in [2.05, 4.69) is 15.2 Å². The van der Waals surface area contributed by atoms with E-state index >= 15 is 0 Å². The molecule has 0 bridgehead atoms. The summed E-state index contributed by atoms with van der Waals surface area (Å²) >= 11 is 0. The van der Waals surface area contributed by atoms with Crippen LogP contribution in [0.25, 0.3) is 16.7 Å². The van der Waals surface area contributed by atoms with Gasteiger partial charge >= 0.3 is 0 Å². The number of hydrogen-bond acceptors (Lipinski definition) is 4. The number of aromatic nitrogens is 5. The Labute approximate surface area is 167 Å². The molecule has 3 aromatic heterocycles. The second kappa shape index (κ2) is 7.12. The van der Waals surface area contributed by atoms with Gasteiger partial charge in [0.2, 0.25) is 0 Å². The van der Waals surface area contributed by atoms with E-state index in [1.54, 1.807) is 54.0 Å². The van der Waals surface area contributed by atoms with Crippen LogP contribution in [-0.4, -0.2) is 42.4 Å². The smallest absolute Gasteiger partial charge is 0.254 e. The molecule has 0 N–H and O–H groups in total. The van der Waals surface area contributed by atoms with Crippen molar-refractivity contribution in [3.8, 4) is 5.69 Å². The van der Waals surface area contributed by atoms with Crippen LogP contribution in [0.15, 0.2) is 42.7 Å². The van der Waals surface area contributed by atoms with Gasteiger partial charge in [0.1, 0.15) is 11.5 Å². The van der Waals surface area contributed by atoms with Gasteiger partial charge in [0.15, 0.2) is 5.65 Å². The van der Waals surface area contributed by atoms with E-state index in [9.17, 15) is 9.18 Å². The Morgan fingerprint density at radius 1 is 1.24 bits per heavy atom. The van der Waals surface area contributed by atoms with Crippen molar-refractivity contribution in [2.45, 2.75) is 20.4 Å². The Kier molecular flexibility index (Phi) is 4.62. The highest BCUT2D eigenvalue weighted by molar-refractivity contribution is 6.05. The van der Waals surface area contributed by atoms with Crippen LogP contribution in [0.4, 0.5) is 4.39 Å². The first-order valence-corrected chi connectivity index (χ1v) is 9.20. The Morgan fingerprint density at radius 3 is 2.69 bits per heavy atom. The molecule has 1 aromatic carbocycles. The second-order valence-corrected chi connectivity index (χ2v) is 7.13. The standard InChI is InChI=1S/C21H21FN6O/c1-13-9-16(21(29)26(3)11-15-12-27(4)25-14(15)2)17-10-23-28(20(17)24-13)19-8-6-5-7-18(19)22/h5-10,12H,11H2,1-4H3. The van der Waals surface area contributed by atoms with Gasteiger partial charge in [-0.1, -0.05) is 12.1 Å². The van der Waals surface area contributed by atoms with Gasteiger partial charge in [-0.25, -0.2) is 14.1 Å². The molecule has 8 heteroatoms. The molecule has 0 aliphatic rings. The molecule has 0 fully saturated rings. The molecule has 0 spiro atoms. The van der Waals surface area contributed by atoms with E-state index in [-0.39, 0.29) is 5.91 Å². The molecule has 29 heavy (non-hydrogen) atoms. The van der Waals surface area contributed by atoms with Crippen molar-refractivity contribution in [1.29, 1.82) is 0 Å². The molecule has 0 atom stereocenters.